The zero-order valence-corrected chi connectivity index (χ0v) is 17.4. The third kappa shape index (κ3) is 3.55. The van der Waals surface area contributed by atoms with Crippen molar-refractivity contribution in [3.05, 3.63) is 62.9 Å². The predicted molar refractivity (Wildman–Crippen MR) is 107 cm³/mol. The fourth-order valence-corrected chi connectivity index (χ4v) is 3.85. The minimum Gasteiger partial charge on any atom is -0.495 e. The van der Waals surface area contributed by atoms with Crippen molar-refractivity contribution < 1.29 is 9.53 Å². The highest BCUT2D eigenvalue weighted by Crippen LogP contribution is 2.40. The standard InChI is InChI=1S/C19H19Cl2N5O2/c1-11-6-5-7-12(2)16(11)26-19(22-23-24-26)17(25(3)10-27)14-8-13(20)9-15(21)18(14)28-4/h5-10,17H,1-4H3. The Balaban J connectivity index is 2.28. The Bertz CT molecular complexity index is 1000. The van der Waals surface area contributed by atoms with Crippen molar-refractivity contribution in [2.75, 3.05) is 14.2 Å². The first-order valence-corrected chi connectivity index (χ1v) is 9.19. The maximum atomic E-state index is 11.7. The van der Waals surface area contributed by atoms with E-state index < -0.39 is 6.04 Å². The van der Waals surface area contributed by atoms with Gasteiger partial charge in [-0.1, -0.05) is 41.4 Å². The van der Waals surface area contributed by atoms with Crippen molar-refractivity contribution in [3.8, 4) is 11.4 Å². The van der Waals surface area contributed by atoms with Crippen molar-refractivity contribution in [2.45, 2.75) is 19.9 Å². The molecule has 3 aromatic rings. The molecule has 28 heavy (non-hydrogen) atoms. The summed E-state index contributed by atoms with van der Waals surface area (Å²) in [4.78, 5) is 13.2. The van der Waals surface area contributed by atoms with Crippen molar-refractivity contribution >= 4 is 29.6 Å². The van der Waals surface area contributed by atoms with E-state index in [-0.39, 0.29) is 0 Å². The quantitative estimate of drug-likeness (QED) is 0.568. The van der Waals surface area contributed by atoms with Crippen LogP contribution in [0.5, 0.6) is 5.75 Å². The molecule has 3 rings (SSSR count). The van der Waals surface area contributed by atoms with E-state index in [2.05, 4.69) is 15.5 Å². The van der Waals surface area contributed by atoms with Gasteiger partial charge in [-0.25, -0.2) is 0 Å². The summed E-state index contributed by atoms with van der Waals surface area (Å²) >= 11 is 12.6. The van der Waals surface area contributed by atoms with Gasteiger partial charge in [0.2, 0.25) is 6.41 Å². The van der Waals surface area contributed by atoms with Crippen LogP contribution in [0.3, 0.4) is 0 Å². The van der Waals surface area contributed by atoms with E-state index in [0.717, 1.165) is 16.8 Å². The van der Waals surface area contributed by atoms with E-state index >= 15 is 0 Å². The van der Waals surface area contributed by atoms with Crippen LogP contribution < -0.4 is 4.74 Å². The molecule has 1 amide bonds. The van der Waals surface area contributed by atoms with E-state index in [9.17, 15) is 4.79 Å². The Kier molecular flexibility index (Phi) is 5.86. The summed E-state index contributed by atoms with van der Waals surface area (Å²) in [6.45, 7) is 3.95. The first kappa shape index (κ1) is 20.1. The molecule has 0 saturated carbocycles. The predicted octanol–water partition coefficient (Wildman–Crippen LogP) is 3.77. The molecule has 1 atom stereocenters. The molecule has 0 radical (unpaired) electrons. The molecule has 0 saturated heterocycles. The summed E-state index contributed by atoms with van der Waals surface area (Å²) in [6, 6.07) is 8.52. The van der Waals surface area contributed by atoms with Crippen molar-refractivity contribution in [1.29, 1.82) is 0 Å². The number of nitrogens with zero attached hydrogens (tertiary/aromatic N) is 5. The van der Waals surface area contributed by atoms with Gasteiger partial charge in [-0.05, 0) is 47.5 Å². The summed E-state index contributed by atoms with van der Waals surface area (Å²) in [5.74, 6) is 0.837. The number of para-hydroxylation sites is 1. The van der Waals surface area contributed by atoms with Gasteiger partial charge in [0.15, 0.2) is 5.82 Å². The minimum absolute atomic E-state index is 0.334. The number of hydrogen-bond acceptors (Lipinski definition) is 5. The molecule has 0 aliphatic heterocycles. The number of carbonyl (C=O) groups excluding carboxylic acids is 1. The number of hydrogen-bond donors (Lipinski definition) is 0. The maximum Gasteiger partial charge on any atom is 0.210 e. The normalized spacial score (nSPS) is 11.9. The molecule has 2 aromatic carbocycles. The van der Waals surface area contributed by atoms with Gasteiger partial charge in [-0.2, -0.15) is 4.68 Å². The lowest BCUT2D eigenvalue weighted by Gasteiger charge is -2.26. The van der Waals surface area contributed by atoms with E-state index in [0.29, 0.717) is 33.6 Å². The summed E-state index contributed by atoms with van der Waals surface area (Å²) in [5, 5.41) is 13.0. The van der Waals surface area contributed by atoms with E-state index in [1.165, 1.54) is 12.0 Å². The number of ether oxygens (including phenoxy) is 1. The Labute approximate surface area is 172 Å². The van der Waals surface area contributed by atoms with Gasteiger partial charge < -0.3 is 9.64 Å². The number of methoxy groups -OCH3 is 1. The third-order valence-corrected chi connectivity index (χ3v) is 5.00. The molecule has 7 nitrogen and oxygen atoms in total. The third-order valence-electron chi connectivity index (χ3n) is 4.50. The molecule has 0 bridgehead atoms. The molecule has 0 aliphatic carbocycles. The van der Waals surface area contributed by atoms with Crippen LogP contribution in [0, 0.1) is 13.8 Å². The van der Waals surface area contributed by atoms with E-state index in [1.54, 1.807) is 23.9 Å². The first-order chi connectivity index (χ1) is 13.4. The monoisotopic (exact) mass is 419 g/mol. The Morgan fingerprint density at radius 1 is 1.21 bits per heavy atom. The second kappa shape index (κ2) is 8.16. The van der Waals surface area contributed by atoms with Crippen LogP contribution in [-0.4, -0.2) is 45.7 Å². The van der Waals surface area contributed by atoms with Crippen LogP contribution in [0.15, 0.2) is 30.3 Å². The zero-order chi connectivity index (χ0) is 20.4. The van der Waals surface area contributed by atoms with E-state index in [1.807, 2.05) is 32.0 Å². The highest BCUT2D eigenvalue weighted by molar-refractivity contribution is 6.35. The maximum absolute atomic E-state index is 11.7. The second-order valence-corrected chi connectivity index (χ2v) is 7.22. The molecule has 0 fully saturated rings. The number of carbonyl (C=O) groups is 1. The lowest BCUT2D eigenvalue weighted by Crippen LogP contribution is -2.28. The molecule has 146 valence electrons. The van der Waals surface area contributed by atoms with Crippen LogP contribution >= 0.6 is 23.2 Å². The Morgan fingerprint density at radius 2 is 1.89 bits per heavy atom. The fraction of sp³-hybridized carbons (Fsp3) is 0.263. The topological polar surface area (TPSA) is 73.1 Å². The molecule has 9 heteroatoms. The molecule has 1 heterocycles. The summed E-state index contributed by atoms with van der Waals surface area (Å²) in [7, 11) is 3.14. The molecule has 0 N–H and O–H groups in total. The van der Waals surface area contributed by atoms with Crippen LogP contribution in [0.1, 0.15) is 28.6 Å². The highest BCUT2D eigenvalue weighted by atomic mass is 35.5. The minimum atomic E-state index is -0.669. The number of aromatic nitrogens is 4. The van der Waals surface area contributed by atoms with Crippen molar-refractivity contribution in [2.24, 2.45) is 0 Å². The van der Waals surface area contributed by atoms with Crippen LogP contribution in [0.4, 0.5) is 0 Å². The van der Waals surface area contributed by atoms with Crippen LogP contribution in [0.2, 0.25) is 10.0 Å². The fourth-order valence-electron chi connectivity index (χ4n) is 3.26. The zero-order valence-electron chi connectivity index (χ0n) is 15.8. The molecule has 1 unspecified atom stereocenters. The largest absolute Gasteiger partial charge is 0.495 e. The average Bonchev–Trinajstić information content (AvgIpc) is 3.10. The molecule has 1 aromatic heterocycles. The number of amides is 1. The van der Waals surface area contributed by atoms with E-state index in [4.69, 9.17) is 27.9 Å². The molecule has 0 spiro atoms. The molecular formula is C19H19Cl2N5O2. The lowest BCUT2D eigenvalue weighted by atomic mass is 10.0. The molecular weight excluding hydrogens is 401 g/mol. The number of halogens is 2. The SMILES string of the molecule is COc1c(Cl)cc(Cl)cc1C(c1nnnn1-c1c(C)cccc1C)N(C)C=O. The highest BCUT2D eigenvalue weighted by Gasteiger charge is 2.30. The summed E-state index contributed by atoms with van der Waals surface area (Å²) in [5.41, 5.74) is 3.42. The number of rotatable bonds is 6. The second-order valence-electron chi connectivity index (χ2n) is 6.37. The van der Waals surface area contributed by atoms with Gasteiger partial charge in [0.25, 0.3) is 0 Å². The number of benzene rings is 2. The van der Waals surface area contributed by atoms with Crippen molar-refractivity contribution in [1.82, 2.24) is 25.1 Å². The number of tetrazole rings is 1. The lowest BCUT2D eigenvalue weighted by molar-refractivity contribution is -0.118. The summed E-state index contributed by atoms with van der Waals surface area (Å²) < 4.78 is 7.12. The van der Waals surface area contributed by atoms with Gasteiger partial charge in [-0.15, -0.1) is 5.10 Å². The summed E-state index contributed by atoms with van der Waals surface area (Å²) in [6.07, 6.45) is 0.697. The van der Waals surface area contributed by atoms with Gasteiger partial charge >= 0.3 is 0 Å². The Hall–Kier alpha value is -2.64. The average molecular weight is 420 g/mol. The number of aryl methyl sites for hydroxylation is 2. The van der Waals surface area contributed by atoms with Gasteiger partial charge in [0, 0.05) is 17.6 Å². The Morgan fingerprint density at radius 3 is 2.50 bits per heavy atom. The smallest absolute Gasteiger partial charge is 0.210 e. The van der Waals surface area contributed by atoms with Gasteiger partial charge in [0.05, 0.1) is 17.8 Å². The first-order valence-electron chi connectivity index (χ1n) is 8.44. The molecule has 0 aliphatic rings. The van der Waals surface area contributed by atoms with Crippen LogP contribution in [-0.2, 0) is 4.79 Å². The van der Waals surface area contributed by atoms with Gasteiger partial charge in [0.1, 0.15) is 11.8 Å². The van der Waals surface area contributed by atoms with Crippen LogP contribution in [0.25, 0.3) is 5.69 Å². The van der Waals surface area contributed by atoms with Crippen molar-refractivity contribution in [3.63, 3.8) is 0 Å². The van der Waals surface area contributed by atoms with Gasteiger partial charge in [-0.3, -0.25) is 4.79 Å².